The first-order valence-electron chi connectivity index (χ1n) is 9.28. The van der Waals surface area contributed by atoms with Gasteiger partial charge in [-0.3, -0.25) is 9.69 Å². The maximum absolute atomic E-state index is 13.4. The van der Waals surface area contributed by atoms with Crippen LogP contribution in [0.4, 0.5) is 22.0 Å². The fourth-order valence-corrected chi connectivity index (χ4v) is 3.75. The summed E-state index contributed by atoms with van der Waals surface area (Å²) >= 11 is 5.66. The van der Waals surface area contributed by atoms with E-state index < -0.39 is 41.2 Å². The zero-order valence-corrected chi connectivity index (χ0v) is 16.8. The van der Waals surface area contributed by atoms with Crippen molar-refractivity contribution in [3.05, 3.63) is 52.1 Å². The molecule has 1 aliphatic heterocycles. The molecule has 0 aliphatic carbocycles. The summed E-state index contributed by atoms with van der Waals surface area (Å²) in [6.45, 7) is 3.47. The van der Waals surface area contributed by atoms with Crippen molar-refractivity contribution < 1.29 is 26.7 Å². The molecule has 2 aromatic rings. The highest BCUT2D eigenvalue weighted by molar-refractivity contribution is 6.32. The molecule has 1 aromatic carbocycles. The Labute approximate surface area is 175 Å². The average molecular weight is 451 g/mol. The number of rotatable bonds is 6. The number of benzene rings is 1. The summed E-state index contributed by atoms with van der Waals surface area (Å²) in [7, 11) is 0. The van der Waals surface area contributed by atoms with Crippen LogP contribution < -0.4 is 0 Å². The predicted octanol–water partition coefficient (Wildman–Crippen LogP) is 4.46. The maximum Gasteiger partial charge on any atom is 0.283 e. The van der Waals surface area contributed by atoms with Crippen molar-refractivity contribution in [1.29, 1.82) is 0 Å². The van der Waals surface area contributed by atoms with E-state index in [2.05, 4.69) is 5.10 Å². The molecule has 164 valence electrons. The topological polar surface area (TPSA) is 41.4 Å². The molecule has 0 saturated carbocycles. The Morgan fingerprint density at radius 2 is 1.80 bits per heavy atom. The van der Waals surface area contributed by atoms with Crippen molar-refractivity contribution in [1.82, 2.24) is 19.6 Å². The monoisotopic (exact) mass is 450 g/mol. The Morgan fingerprint density at radius 3 is 2.37 bits per heavy atom. The lowest BCUT2D eigenvalue weighted by Crippen LogP contribution is -2.50. The molecule has 0 N–H and O–H groups in total. The number of aromatic nitrogens is 2. The molecule has 1 aromatic heterocycles. The summed E-state index contributed by atoms with van der Waals surface area (Å²) in [6, 6.07) is 5.00. The van der Waals surface area contributed by atoms with Gasteiger partial charge in [-0.15, -0.1) is 0 Å². The van der Waals surface area contributed by atoms with E-state index in [9.17, 15) is 26.7 Å². The molecule has 1 fully saturated rings. The van der Waals surface area contributed by atoms with E-state index in [1.165, 1.54) is 24.0 Å². The van der Waals surface area contributed by atoms with Gasteiger partial charge in [0.25, 0.3) is 12.9 Å². The van der Waals surface area contributed by atoms with Crippen LogP contribution in [0.25, 0.3) is 0 Å². The number of nitrogens with zero attached hydrogens (tertiary/aromatic N) is 4. The number of hydrogen-bond donors (Lipinski definition) is 0. The number of piperazine rings is 1. The average Bonchev–Trinajstić information content (AvgIpc) is 3.05. The molecule has 1 amide bonds. The molecule has 1 atom stereocenters. The third-order valence-electron chi connectivity index (χ3n) is 5.03. The molecule has 3 rings (SSSR count). The van der Waals surface area contributed by atoms with Gasteiger partial charge < -0.3 is 4.90 Å². The van der Waals surface area contributed by atoms with E-state index in [1.807, 2.05) is 4.90 Å². The summed E-state index contributed by atoms with van der Waals surface area (Å²) < 4.78 is 66.7. The highest BCUT2D eigenvalue weighted by atomic mass is 35.5. The third-order valence-corrected chi connectivity index (χ3v) is 5.42. The van der Waals surface area contributed by atoms with Gasteiger partial charge in [-0.05, 0) is 24.6 Å². The van der Waals surface area contributed by atoms with Crippen LogP contribution in [0.5, 0.6) is 0 Å². The van der Waals surface area contributed by atoms with Crippen molar-refractivity contribution in [3.8, 4) is 0 Å². The number of halogens is 6. The number of hydrogen-bond acceptors (Lipinski definition) is 3. The summed E-state index contributed by atoms with van der Waals surface area (Å²) in [5.41, 5.74) is -1.06. The summed E-state index contributed by atoms with van der Waals surface area (Å²) in [4.78, 5) is 16.3. The second kappa shape index (κ2) is 9.30. The van der Waals surface area contributed by atoms with Crippen LogP contribution in [-0.2, 0) is 11.3 Å². The molecule has 5 nitrogen and oxygen atoms in total. The lowest BCUT2D eigenvalue weighted by molar-refractivity contribution is -0.136. The van der Waals surface area contributed by atoms with E-state index in [-0.39, 0.29) is 5.82 Å². The van der Waals surface area contributed by atoms with Crippen LogP contribution in [0.3, 0.4) is 0 Å². The molecule has 1 unspecified atom stereocenters. The number of alkyl halides is 4. The van der Waals surface area contributed by atoms with Gasteiger partial charge >= 0.3 is 0 Å². The van der Waals surface area contributed by atoms with E-state index >= 15 is 0 Å². The first kappa shape index (κ1) is 22.5. The minimum Gasteiger partial charge on any atom is -0.338 e. The molecule has 1 aliphatic rings. The summed E-state index contributed by atoms with van der Waals surface area (Å²) in [5, 5.41) is 2.67. The van der Waals surface area contributed by atoms with E-state index in [0.29, 0.717) is 37.4 Å². The number of amides is 1. The highest BCUT2D eigenvalue weighted by Crippen LogP contribution is 2.36. The Balaban J connectivity index is 1.67. The molecule has 0 bridgehead atoms. The van der Waals surface area contributed by atoms with E-state index in [4.69, 9.17) is 11.6 Å². The quantitative estimate of drug-likeness (QED) is 0.610. The van der Waals surface area contributed by atoms with Crippen molar-refractivity contribution in [2.24, 2.45) is 0 Å². The Kier molecular flexibility index (Phi) is 6.97. The van der Waals surface area contributed by atoms with Gasteiger partial charge in [0, 0.05) is 32.7 Å². The maximum atomic E-state index is 13.4. The van der Waals surface area contributed by atoms with Gasteiger partial charge in [-0.25, -0.2) is 26.6 Å². The SMILES string of the molecule is CC(C(=O)N1CCN(Cc2cccc(F)c2)CC1)n1nc(C(F)F)c(Cl)c1C(F)F. The predicted molar refractivity (Wildman–Crippen MR) is 100 cm³/mol. The minimum atomic E-state index is -3.16. The fourth-order valence-electron chi connectivity index (χ4n) is 3.46. The minimum absolute atomic E-state index is 0.319. The summed E-state index contributed by atoms with van der Waals surface area (Å²) in [6.07, 6.45) is -6.29. The zero-order chi connectivity index (χ0) is 22.0. The number of carbonyl (C=O) groups is 1. The van der Waals surface area contributed by atoms with Gasteiger partial charge in [0.2, 0.25) is 5.91 Å². The van der Waals surface area contributed by atoms with Crippen LogP contribution in [-0.4, -0.2) is 51.7 Å². The fraction of sp³-hybridized carbons (Fsp3) is 0.474. The Morgan fingerprint density at radius 1 is 1.13 bits per heavy atom. The van der Waals surface area contributed by atoms with Crippen molar-refractivity contribution in [3.63, 3.8) is 0 Å². The molecule has 2 heterocycles. The van der Waals surface area contributed by atoms with Gasteiger partial charge in [0.15, 0.2) is 0 Å². The van der Waals surface area contributed by atoms with Crippen molar-refractivity contribution in [2.75, 3.05) is 26.2 Å². The third kappa shape index (κ3) is 4.75. The highest BCUT2D eigenvalue weighted by Gasteiger charge is 2.34. The lowest BCUT2D eigenvalue weighted by atomic mass is 10.2. The van der Waals surface area contributed by atoms with Crippen LogP contribution >= 0.6 is 11.6 Å². The van der Waals surface area contributed by atoms with Gasteiger partial charge in [0.05, 0.1) is 5.02 Å². The first-order chi connectivity index (χ1) is 14.2. The summed E-state index contributed by atoms with van der Waals surface area (Å²) in [5.74, 6) is -0.840. The first-order valence-corrected chi connectivity index (χ1v) is 9.66. The Hall–Kier alpha value is -2.20. The molecular formula is C19H20ClF5N4O. The molecule has 11 heteroatoms. The second-order valence-corrected chi connectivity index (χ2v) is 7.42. The molecule has 0 radical (unpaired) electrons. The number of carbonyl (C=O) groups excluding carboxylic acids is 1. The van der Waals surface area contributed by atoms with Crippen molar-refractivity contribution >= 4 is 17.5 Å². The largest absolute Gasteiger partial charge is 0.338 e. The lowest BCUT2D eigenvalue weighted by Gasteiger charge is -2.36. The molecule has 30 heavy (non-hydrogen) atoms. The Bertz CT molecular complexity index is 899. The van der Waals surface area contributed by atoms with Gasteiger partial charge in [0.1, 0.15) is 23.2 Å². The standard InChI is InChI=1S/C19H20ClF5N4O/c1-11(29-16(18(24)25)14(20)15(26-29)17(22)23)19(30)28-7-5-27(6-8-28)10-12-3-2-4-13(21)9-12/h2-4,9,11,17-18H,5-8,10H2,1H3. The van der Waals surface area contributed by atoms with Crippen LogP contribution in [0.2, 0.25) is 5.02 Å². The second-order valence-electron chi connectivity index (χ2n) is 7.04. The normalized spacial score (nSPS) is 16.5. The van der Waals surface area contributed by atoms with Crippen molar-refractivity contribution in [2.45, 2.75) is 32.4 Å². The van der Waals surface area contributed by atoms with E-state index in [1.54, 1.807) is 12.1 Å². The van der Waals surface area contributed by atoms with Gasteiger partial charge in [-0.1, -0.05) is 23.7 Å². The molecule has 0 spiro atoms. The van der Waals surface area contributed by atoms with Gasteiger partial charge in [-0.2, -0.15) is 5.10 Å². The van der Waals surface area contributed by atoms with E-state index in [0.717, 1.165) is 5.56 Å². The van der Waals surface area contributed by atoms with Crippen LogP contribution in [0, 0.1) is 5.82 Å². The molecular weight excluding hydrogens is 431 g/mol. The molecule has 1 saturated heterocycles. The van der Waals surface area contributed by atoms with Crippen LogP contribution in [0.1, 0.15) is 42.8 Å². The van der Waals surface area contributed by atoms with Crippen LogP contribution in [0.15, 0.2) is 24.3 Å². The smallest absolute Gasteiger partial charge is 0.283 e. The zero-order valence-electron chi connectivity index (χ0n) is 16.0.